The molecule has 4 heteroatoms. The molecule has 0 unspecified atom stereocenters. The van der Waals surface area contributed by atoms with Gasteiger partial charge in [0.15, 0.2) is 0 Å². The fraction of sp³-hybridized carbons (Fsp3) is 0.600. The molecule has 0 radical (unpaired) electrons. The normalized spacial score (nSPS) is 19.2. The Kier molecular flexibility index (Phi) is 5.19. The Morgan fingerprint density at radius 3 is 2.53 bits per heavy atom. The summed E-state index contributed by atoms with van der Waals surface area (Å²) >= 11 is 0. The monoisotopic (exact) mass is 263 g/mol. The number of anilines is 1. The van der Waals surface area contributed by atoms with E-state index in [1.54, 1.807) is 0 Å². The second-order valence-corrected chi connectivity index (χ2v) is 5.29. The second kappa shape index (κ2) is 6.89. The number of aliphatic hydroxyl groups is 1. The predicted molar refractivity (Wildman–Crippen MR) is 79.4 cm³/mol. The van der Waals surface area contributed by atoms with Gasteiger partial charge in [-0.3, -0.25) is 4.90 Å². The maximum Gasteiger partial charge on any atom is 0.0558 e. The van der Waals surface area contributed by atoms with Crippen molar-refractivity contribution in [3.63, 3.8) is 0 Å². The Bertz CT molecular complexity index is 377. The third-order valence-corrected chi connectivity index (χ3v) is 3.79. The fourth-order valence-electron chi connectivity index (χ4n) is 2.58. The van der Waals surface area contributed by atoms with E-state index in [1.807, 2.05) is 6.92 Å². The van der Waals surface area contributed by atoms with E-state index in [9.17, 15) is 0 Å². The first-order chi connectivity index (χ1) is 9.20. The van der Waals surface area contributed by atoms with Gasteiger partial charge in [-0.05, 0) is 37.6 Å². The zero-order chi connectivity index (χ0) is 13.7. The third kappa shape index (κ3) is 3.93. The molecule has 3 N–H and O–H groups in total. The maximum atomic E-state index is 9.01. The Labute approximate surface area is 115 Å². The van der Waals surface area contributed by atoms with Gasteiger partial charge in [0.05, 0.1) is 6.61 Å². The molecule has 19 heavy (non-hydrogen) atoms. The Balaban J connectivity index is 1.97. The molecule has 1 aromatic rings. The molecule has 0 bridgehead atoms. The zero-order valence-electron chi connectivity index (χ0n) is 11.8. The summed E-state index contributed by atoms with van der Waals surface area (Å²) in [5, 5.41) is 9.01. The number of aliphatic hydroxyl groups excluding tert-OH is 1. The highest BCUT2D eigenvalue weighted by atomic mass is 16.3. The average molecular weight is 263 g/mol. The van der Waals surface area contributed by atoms with Crippen LogP contribution in [0.15, 0.2) is 24.3 Å². The lowest BCUT2D eigenvalue weighted by Crippen LogP contribution is -2.32. The first-order valence-corrected chi connectivity index (χ1v) is 7.14. The molecule has 1 atom stereocenters. The number of nitrogens with two attached hydrogens (primary N) is 1. The molecule has 1 saturated heterocycles. The van der Waals surface area contributed by atoms with Crippen molar-refractivity contribution in [2.75, 3.05) is 44.2 Å². The Hall–Kier alpha value is -1.10. The predicted octanol–water partition coefficient (Wildman–Crippen LogP) is 1.21. The minimum atomic E-state index is 0.0956. The summed E-state index contributed by atoms with van der Waals surface area (Å²) in [6.07, 6.45) is 1.15. The van der Waals surface area contributed by atoms with Crippen LogP contribution in [0.25, 0.3) is 0 Å². The summed E-state index contributed by atoms with van der Waals surface area (Å²) < 4.78 is 0. The smallest absolute Gasteiger partial charge is 0.0558 e. The van der Waals surface area contributed by atoms with Crippen molar-refractivity contribution < 1.29 is 5.11 Å². The highest BCUT2D eigenvalue weighted by molar-refractivity contribution is 5.48. The van der Waals surface area contributed by atoms with Gasteiger partial charge in [0.25, 0.3) is 0 Å². The van der Waals surface area contributed by atoms with Crippen LogP contribution in [-0.2, 0) is 0 Å². The number of hydrogen-bond acceptors (Lipinski definition) is 4. The summed E-state index contributed by atoms with van der Waals surface area (Å²) in [6.45, 7) is 7.26. The van der Waals surface area contributed by atoms with Crippen molar-refractivity contribution in [2.45, 2.75) is 19.4 Å². The lowest BCUT2D eigenvalue weighted by atomic mass is 10.1. The summed E-state index contributed by atoms with van der Waals surface area (Å²) in [6, 6.07) is 8.67. The Morgan fingerprint density at radius 1 is 1.16 bits per heavy atom. The highest BCUT2D eigenvalue weighted by Gasteiger charge is 2.14. The lowest BCUT2D eigenvalue weighted by molar-refractivity contribution is 0.204. The van der Waals surface area contributed by atoms with Gasteiger partial charge < -0.3 is 15.7 Å². The topological polar surface area (TPSA) is 52.7 Å². The zero-order valence-corrected chi connectivity index (χ0v) is 11.8. The van der Waals surface area contributed by atoms with Gasteiger partial charge in [0.1, 0.15) is 0 Å². The van der Waals surface area contributed by atoms with Crippen LogP contribution in [0.5, 0.6) is 0 Å². The van der Waals surface area contributed by atoms with Crippen molar-refractivity contribution >= 4 is 5.69 Å². The molecule has 0 spiro atoms. The molecule has 1 fully saturated rings. The molecule has 1 aromatic carbocycles. The number of rotatable bonds is 4. The van der Waals surface area contributed by atoms with E-state index in [0.717, 1.165) is 39.1 Å². The number of nitrogens with zero attached hydrogens (tertiary/aromatic N) is 2. The van der Waals surface area contributed by atoms with Crippen LogP contribution in [0.1, 0.15) is 24.9 Å². The van der Waals surface area contributed by atoms with Crippen molar-refractivity contribution in [1.29, 1.82) is 0 Å². The van der Waals surface area contributed by atoms with Crippen LogP contribution >= 0.6 is 0 Å². The summed E-state index contributed by atoms with van der Waals surface area (Å²) in [5.41, 5.74) is 8.33. The molecule has 0 aromatic heterocycles. The Morgan fingerprint density at radius 2 is 1.89 bits per heavy atom. The molecule has 0 aliphatic carbocycles. The minimum Gasteiger partial charge on any atom is -0.395 e. The van der Waals surface area contributed by atoms with E-state index in [-0.39, 0.29) is 12.6 Å². The quantitative estimate of drug-likeness (QED) is 0.857. The van der Waals surface area contributed by atoms with Crippen molar-refractivity contribution in [3.05, 3.63) is 29.8 Å². The van der Waals surface area contributed by atoms with E-state index < -0.39 is 0 Å². The highest BCUT2D eigenvalue weighted by Crippen LogP contribution is 2.19. The van der Waals surface area contributed by atoms with Crippen LogP contribution in [0.3, 0.4) is 0 Å². The van der Waals surface area contributed by atoms with E-state index >= 15 is 0 Å². The van der Waals surface area contributed by atoms with Crippen LogP contribution in [0, 0.1) is 0 Å². The van der Waals surface area contributed by atoms with Crippen molar-refractivity contribution in [1.82, 2.24) is 4.90 Å². The van der Waals surface area contributed by atoms with E-state index in [1.165, 1.54) is 11.3 Å². The van der Waals surface area contributed by atoms with E-state index in [0.29, 0.717) is 0 Å². The van der Waals surface area contributed by atoms with Crippen LogP contribution in [0.2, 0.25) is 0 Å². The minimum absolute atomic E-state index is 0.0956. The molecule has 0 amide bonds. The van der Waals surface area contributed by atoms with Crippen LogP contribution in [-0.4, -0.2) is 49.3 Å². The van der Waals surface area contributed by atoms with Gasteiger partial charge in [0.2, 0.25) is 0 Å². The van der Waals surface area contributed by atoms with Crippen molar-refractivity contribution in [3.8, 4) is 0 Å². The van der Waals surface area contributed by atoms with Gasteiger partial charge in [0, 0.05) is 37.9 Å². The SMILES string of the molecule is C[C@@H](N)c1ccc(N2CCCN(CCO)CC2)cc1. The summed E-state index contributed by atoms with van der Waals surface area (Å²) in [7, 11) is 0. The molecule has 1 heterocycles. The number of benzene rings is 1. The van der Waals surface area contributed by atoms with E-state index in [4.69, 9.17) is 10.8 Å². The number of hydrogen-bond donors (Lipinski definition) is 2. The van der Waals surface area contributed by atoms with Gasteiger partial charge in [-0.15, -0.1) is 0 Å². The van der Waals surface area contributed by atoms with Crippen LogP contribution in [0.4, 0.5) is 5.69 Å². The fourth-order valence-corrected chi connectivity index (χ4v) is 2.58. The first kappa shape index (κ1) is 14.3. The molecule has 1 aliphatic heterocycles. The standard InChI is InChI=1S/C15H25N3O/c1-13(16)14-3-5-15(6-4-14)18-8-2-7-17(9-10-18)11-12-19/h3-6,13,19H,2,7-12,16H2,1H3/t13-/m1/s1. The molecular formula is C15H25N3O. The summed E-state index contributed by atoms with van der Waals surface area (Å²) in [5.74, 6) is 0. The molecule has 4 nitrogen and oxygen atoms in total. The van der Waals surface area contributed by atoms with E-state index in [2.05, 4.69) is 34.1 Å². The van der Waals surface area contributed by atoms with Gasteiger partial charge in [-0.2, -0.15) is 0 Å². The molecule has 106 valence electrons. The molecule has 1 aliphatic rings. The van der Waals surface area contributed by atoms with Crippen LogP contribution < -0.4 is 10.6 Å². The van der Waals surface area contributed by atoms with Gasteiger partial charge in [-0.25, -0.2) is 0 Å². The molecule has 2 rings (SSSR count). The lowest BCUT2D eigenvalue weighted by Gasteiger charge is -2.24. The average Bonchev–Trinajstić information content (AvgIpc) is 2.65. The first-order valence-electron chi connectivity index (χ1n) is 7.14. The second-order valence-electron chi connectivity index (χ2n) is 5.29. The van der Waals surface area contributed by atoms with Gasteiger partial charge >= 0.3 is 0 Å². The molecular weight excluding hydrogens is 238 g/mol. The maximum absolute atomic E-state index is 9.01. The van der Waals surface area contributed by atoms with Crippen molar-refractivity contribution in [2.24, 2.45) is 5.73 Å². The summed E-state index contributed by atoms with van der Waals surface area (Å²) in [4.78, 5) is 4.75. The molecule has 0 saturated carbocycles. The van der Waals surface area contributed by atoms with Gasteiger partial charge in [-0.1, -0.05) is 12.1 Å². The largest absolute Gasteiger partial charge is 0.395 e. The third-order valence-electron chi connectivity index (χ3n) is 3.79. The number of β-amino-alcohol motifs (C(OH)–C–C–N with tert-alkyl or cyclic N) is 1.